The minimum Gasteiger partial charge on any atom is -0.461 e. The minimum absolute atomic E-state index is 0.142. The maximum absolute atomic E-state index is 13.8. The van der Waals surface area contributed by atoms with Crippen LogP contribution in [0.5, 0.6) is 0 Å². The number of hydrogen-bond donors (Lipinski definition) is 1. The zero-order valence-corrected chi connectivity index (χ0v) is 20.2. The van der Waals surface area contributed by atoms with Gasteiger partial charge in [-0.2, -0.15) is 5.10 Å². The Labute approximate surface area is 209 Å². The van der Waals surface area contributed by atoms with E-state index >= 15 is 0 Å². The summed E-state index contributed by atoms with van der Waals surface area (Å²) in [7, 11) is 1.95. The number of carbonyl (C=O) groups excluding carboxylic acids is 2. The lowest BCUT2D eigenvalue weighted by atomic mass is 10.0. The number of anilines is 1. The van der Waals surface area contributed by atoms with E-state index in [1.165, 1.54) is 0 Å². The van der Waals surface area contributed by atoms with Crippen LogP contribution in [-0.4, -0.2) is 39.8 Å². The van der Waals surface area contributed by atoms with Crippen LogP contribution < -0.4 is 10.3 Å². The van der Waals surface area contributed by atoms with Gasteiger partial charge in [0.15, 0.2) is 0 Å². The van der Waals surface area contributed by atoms with Crippen molar-refractivity contribution >= 4 is 34.3 Å². The van der Waals surface area contributed by atoms with Crippen LogP contribution in [0, 0.1) is 0 Å². The maximum atomic E-state index is 13.8. The average Bonchev–Trinajstić information content (AvgIpc) is 3.51. The molecule has 1 N–H and O–H groups in total. The summed E-state index contributed by atoms with van der Waals surface area (Å²) in [4.78, 5) is 31.1. The van der Waals surface area contributed by atoms with E-state index in [2.05, 4.69) is 10.4 Å². The monoisotopic (exact) mass is 481 g/mol. The van der Waals surface area contributed by atoms with E-state index in [1.807, 2.05) is 96.5 Å². The van der Waals surface area contributed by atoms with Crippen molar-refractivity contribution in [2.75, 3.05) is 11.6 Å². The van der Waals surface area contributed by atoms with Crippen LogP contribution >= 0.6 is 0 Å². The van der Waals surface area contributed by atoms with Gasteiger partial charge in [-0.05, 0) is 36.8 Å². The molecule has 8 heteroatoms. The Morgan fingerprint density at radius 1 is 1.00 bits per heavy atom. The molecule has 4 aromatic rings. The number of aromatic nitrogens is 2. The van der Waals surface area contributed by atoms with Crippen molar-refractivity contribution in [1.29, 1.82) is 0 Å². The van der Waals surface area contributed by atoms with E-state index in [9.17, 15) is 9.59 Å². The van der Waals surface area contributed by atoms with Crippen LogP contribution in [0.2, 0.25) is 0 Å². The van der Waals surface area contributed by atoms with Crippen LogP contribution in [0.15, 0.2) is 90.0 Å². The van der Waals surface area contributed by atoms with Crippen molar-refractivity contribution in [2.45, 2.75) is 25.4 Å². The third-order valence-electron chi connectivity index (χ3n) is 6.24. The van der Waals surface area contributed by atoms with Crippen LogP contribution in [0.4, 0.5) is 5.69 Å². The van der Waals surface area contributed by atoms with Crippen LogP contribution in [0.1, 0.15) is 30.8 Å². The molecular weight excluding hydrogens is 454 g/mol. The number of para-hydroxylation sites is 3. The Morgan fingerprint density at radius 3 is 2.36 bits per heavy atom. The molecule has 182 valence electrons. The van der Waals surface area contributed by atoms with Gasteiger partial charge in [-0.25, -0.2) is 9.78 Å². The fraction of sp³-hybridized carbons (Fsp3) is 0.214. The molecule has 8 nitrogen and oxygen atoms in total. The Hall–Kier alpha value is -4.46. The number of carbonyl (C=O) groups is 2. The molecule has 2 heterocycles. The molecule has 0 saturated carbocycles. The SMILES string of the molecule is CCOC(=O)C1=NN(c2ccccc2)C(C(=O)NC(c2ccccc2)c2nc3ccccc3n2C)C1. The van der Waals surface area contributed by atoms with E-state index in [1.54, 1.807) is 11.9 Å². The summed E-state index contributed by atoms with van der Waals surface area (Å²) in [6.07, 6.45) is 0.142. The molecule has 0 aliphatic carbocycles. The number of benzene rings is 3. The van der Waals surface area contributed by atoms with Crippen molar-refractivity contribution in [3.05, 3.63) is 96.3 Å². The average molecular weight is 482 g/mol. The Bertz CT molecular complexity index is 1420. The smallest absolute Gasteiger partial charge is 0.354 e. The Balaban J connectivity index is 1.50. The number of ether oxygens (including phenoxy) is 1. The lowest BCUT2D eigenvalue weighted by Gasteiger charge is -2.26. The Kier molecular flexibility index (Phi) is 6.49. The second kappa shape index (κ2) is 10.0. The van der Waals surface area contributed by atoms with Gasteiger partial charge in [0.1, 0.15) is 23.6 Å². The highest BCUT2D eigenvalue weighted by Gasteiger charge is 2.38. The Morgan fingerprint density at radius 2 is 1.67 bits per heavy atom. The van der Waals surface area contributed by atoms with Gasteiger partial charge in [-0.3, -0.25) is 9.80 Å². The zero-order chi connectivity index (χ0) is 25.1. The molecule has 0 fully saturated rings. The number of aryl methyl sites for hydroxylation is 1. The summed E-state index contributed by atoms with van der Waals surface area (Å²) in [6.45, 7) is 1.98. The number of hydrogen-bond acceptors (Lipinski definition) is 6. The standard InChI is InChI=1S/C28H27N5O3/c1-3-36-28(35)22-18-24(33(31-22)20-14-8-5-9-15-20)27(34)30-25(19-12-6-4-7-13-19)26-29-21-16-10-11-17-23(21)32(26)2/h4-17,24-25H,3,18H2,1-2H3,(H,30,34). The van der Waals surface area contributed by atoms with E-state index in [-0.39, 0.29) is 24.6 Å². The molecule has 1 aromatic heterocycles. The summed E-state index contributed by atoms with van der Waals surface area (Å²) in [5, 5.41) is 9.27. The quantitative estimate of drug-likeness (QED) is 0.404. The largest absolute Gasteiger partial charge is 0.461 e. The summed E-state index contributed by atoms with van der Waals surface area (Å²) >= 11 is 0. The minimum atomic E-state index is -0.715. The van der Waals surface area contributed by atoms with Gasteiger partial charge in [-0.1, -0.05) is 60.7 Å². The van der Waals surface area contributed by atoms with E-state index in [0.717, 1.165) is 22.3 Å². The van der Waals surface area contributed by atoms with E-state index in [4.69, 9.17) is 9.72 Å². The van der Waals surface area contributed by atoms with E-state index in [0.29, 0.717) is 5.82 Å². The number of fused-ring (bicyclic) bond motifs is 1. The van der Waals surface area contributed by atoms with Crippen molar-refractivity contribution < 1.29 is 14.3 Å². The first kappa shape index (κ1) is 23.3. The van der Waals surface area contributed by atoms with Gasteiger partial charge in [0.25, 0.3) is 0 Å². The first-order valence-corrected chi connectivity index (χ1v) is 11.9. The van der Waals surface area contributed by atoms with Crippen LogP contribution in [0.25, 0.3) is 11.0 Å². The highest BCUT2D eigenvalue weighted by molar-refractivity contribution is 6.38. The molecule has 36 heavy (non-hydrogen) atoms. The summed E-state index contributed by atoms with van der Waals surface area (Å²) < 4.78 is 7.16. The third-order valence-corrected chi connectivity index (χ3v) is 6.24. The topological polar surface area (TPSA) is 88.8 Å². The van der Waals surface area contributed by atoms with Crippen molar-refractivity contribution in [3.8, 4) is 0 Å². The van der Waals surface area contributed by atoms with Gasteiger partial charge >= 0.3 is 5.97 Å². The zero-order valence-electron chi connectivity index (χ0n) is 20.2. The van der Waals surface area contributed by atoms with Crippen LogP contribution in [0.3, 0.4) is 0 Å². The number of esters is 1. The van der Waals surface area contributed by atoms with Crippen molar-refractivity contribution in [1.82, 2.24) is 14.9 Å². The molecule has 0 radical (unpaired) electrons. The molecular formula is C28H27N5O3. The number of nitrogens with zero attached hydrogens (tertiary/aromatic N) is 4. The lowest BCUT2D eigenvalue weighted by molar-refractivity contribution is -0.135. The predicted molar refractivity (Wildman–Crippen MR) is 139 cm³/mol. The van der Waals surface area contributed by atoms with Gasteiger partial charge in [-0.15, -0.1) is 0 Å². The molecule has 0 spiro atoms. The molecule has 0 saturated heterocycles. The number of amides is 1. The van der Waals surface area contributed by atoms with Crippen molar-refractivity contribution in [2.24, 2.45) is 12.1 Å². The first-order valence-electron chi connectivity index (χ1n) is 11.9. The molecule has 2 atom stereocenters. The fourth-order valence-corrected chi connectivity index (χ4v) is 4.47. The van der Waals surface area contributed by atoms with E-state index < -0.39 is 18.1 Å². The summed E-state index contributed by atoms with van der Waals surface area (Å²) in [5.74, 6) is -0.0574. The fourth-order valence-electron chi connectivity index (χ4n) is 4.47. The summed E-state index contributed by atoms with van der Waals surface area (Å²) in [6, 6.07) is 25.7. The van der Waals surface area contributed by atoms with Crippen molar-refractivity contribution in [3.63, 3.8) is 0 Å². The van der Waals surface area contributed by atoms with Crippen LogP contribution in [-0.2, 0) is 21.4 Å². The molecule has 1 aliphatic rings. The molecule has 3 aromatic carbocycles. The number of hydrazone groups is 1. The number of nitrogens with one attached hydrogen (secondary N) is 1. The first-order chi connectivity index (χ1) is 17.6. The van der Waals surface area contributed by atoms with Gasteiger partial charge in [0.2, 0.25) is 5.91 Å². The third kappa shape index (κ3) is 4.45. The predicted octanol–water partition coefficient (Wildman–Crippen LogP) is 3.98. The molecule has 5 rings (SSSR count). The second-order valence-corrected chi connectivity index (χ2v) is 8.54. The molecule has 0 bridgehead atoms. The normalized spacial score (nSPS) is 16.0. The highest BCUT2D eigenvalue weighted by Crippen LogP contribution is 2.28. The van der Waals surface area contributed by atoms with Gasteiger partial charge in [0, 0.05) is 13.5 Å². The maximum Gasteiger partial charge on any atom is 0.354 e. The second-order valence-electron chi connectivity index (χ2n) is 8.54. The van der Waals surface area contributed by atoms with Gasteiger partial charge < -0.3 is 14.6 Å². The number of rotatable bonds is 7. The molecule has 2 unspecified atom stereocenters. The highest BCUT2D eigenvalue weighted by atomic mass is 16.5. The number of imidazole rings is 1. The molecule has 1 amide bonds. The molecule has 1 aliphatic heterocycles. The summed E-state index contributed by atoms with van der Waals surface area (Å²) in [5.41, 5.74) is 3.67. The van der Waals surface area contributed by atoms with Gasteiger partial charge in [0.05, 0.1) is 23.3 Å². The lowest BCUT2D eigenvalue weighted by Crippen LogP contribution is -2.44.